The fourth-order valence-electron chi connectivity index (χ4n) is 2.71. The van der Waals surface area contributed by atoms with Crippen LogP contribution in [0.3, 0.4) is 0 Å². The molecular formula is C16H32N2. The average molecular weight is 252 g/mol. The van der Waals surface area contributed by atoms with Crippen molar-refractivity contribution in [2.75, 3.05) is 26.2 Å². The van der Waals surface area contributed by atoms with Crippen LogP contribution in [-0.2, 0) is 0 Å². The highest BCUT2D eigenvalue weighted by Crippen LogP contribution is 2.34. The summed E-state index contributed by atoms with van der Waals surface area (Å²) in [5, 5.41) is 3.52. The monoisotopic (exact) mass is 252 g/mol. The van der Waals surface area contributed by atoms with Crippen LogP contribution >= 0.6 is 0 Å². The van der Waals surface area contributed by atoms with Crippen LogP contribution in [-0.4, -0.2) is 37.1 Å². The SMILES string of the molecule is CCCNCCCC(C)N(CC1CC1)CC1CC1. The van der Waals surface area contributed by atoms with E-state index in [1.165, 1.54) is 71.1 Å². The Hall–Kier alpha value is -0.0800. The zero-order valence-corrected chi connectivity index (χ0v) is 12.5. The first kappa shape index (κ1) is 14.3. The molecule has 0 heterocycles. The van der Waals surface area contributed by atoms with Gasteiger partial charge in [0.05, 0.1) is 0 Å². The molecule has 1 atom stereocenters. The molecule has 0 spiro atoms. The van der Waals surface area contributed by atoms with Crippen LogP contribution in [0, 0.1) is 11.8 Å². The standard InChI is InChI=1S/C16H32N2/c1-3-10-17-11-4-5-14(2)18(12-15-6-7-15)13-16-8-9-16/h14-17H,3-13H2,1-2H3. The Morgan fingerprint density at radius 1 is 1.06 bits per heavy atom. The van der Waals surface area contributed by atoms with Crippen molar-refractivity contribution >= 4 is 0 Å². The van der Waals surface area contributed by atoms with Crippen LogP contribution in [0.2, 0.25) is 0 Å². The van der Waals surface area contributed by atoms with Gasteiger partial charge < -0.3 is 10.2 Å². The largest absolute Gasteiger partial charge is 0.317 e. The highest BCUT2D eigenvalue weighted by molar-refractivity contribution is 4.84. The first-order valence-corrected chi connectivity index (χ1v) is 8.24. The molecule has 2 heteroatoms. The first-order chi connectivity index (χ1) is 8.79. The van der Waals surface area contributed by atoms with E-state index < -0.39 is 0 Å². The zero-order chi connectivity index (χ0) is 12.8. The maximum atomic E-state index is 3.52. The average Bonchev–Trinajstić information content (AvgIpc) is 3.22. The predicted molar refractivity (Wildman–Crippen MR) is 78.9 cm³/mol. The molecule has 0 saturated heterocycles. The van der Waals surface area contributed by atoms with E-state index in [1.54, 1.807) is 0 Å². The van der Waals surface area contributed by atoms with Crippen molar-refractivity contribution in [1.29, 1.82) is 0 Å². The molecule has 2 aliphatic carbocycles. The minimum atomic E-state index is 0.801. The second-order valence-corrected chi connectivity index (χ2v) is 6.58. The van der Waals surface area contributed by atoms with Gasteiger partial charge in [-0.1, -0.05) is 6.92 Å². The smallest absolute Gasteiger partial charge is 0.00676 e. The van der Waals surface area contributed by atoms with Gasteiger partial charge in [-0.25, -0.2) is 0 Å². The molecule has 2 saturated carbocycles. The molecule has 2 fully saturated rings. The normalized spacial score (nSPS) is 21.5. The van der Waals surface area contributed by atoms with Gasteiger partial charge in [0, 0.05) is 19.1 Å². The Bertz CT molecular complexity index is 207. The molecule has 0 aromatic heterocycles. The molecule has 0 aromatic rings. The summed E-state index contributed by atoms with van der Waals surface area (Å²) in [5.41, 5.74) is 0. The molecule has 106 valence electrons. The summed E-state index contributed by atoms with van der Waals surface area (Å²) in [4.78, 5) is 2.80. The third-order valence-electron chi connectivity index (χ3n) is 4.40. The van der Waals surface area contributed by atoms with E-state index in [4.69, 9.17) is 0 Å². The van der Waals surface area contributed by atoms with Gasteiger partial charge in [0.15, 0.2) is 0 Å². The zero-order valence-electron chi connectivity index (χ0n) is 12.5. The van der Waals surface area contributed by atoms with Gasteiger partial charge in [0.2, 0.25) is 0 Å². The molecule has 0 aliphatic heterocycles. The molecule has 2 nitrogen and oxygen atoms in total. The Morgan fingerprint density at radius 3 is 2.17 bits per heavy atom. The Labute approximate surface area is 114 Å². The van der Waals surface area contributed by atoms with Crippen molar-refractivity contribution in [1.82, 2.24) is 10.2 Å². The molecule has 2 rings (SSSR count). The third kappa shape index (κ3) is 5.71. The predicted octanol–water partition coefficient (Wildman–Crippen LogP) is 3.28. The van der Waals surface area contributed by atoms with Gasteiger partial charge in [0.25, 0.3) is 0 Å². The molecule has 0 bridgehead atoms. The lowest BCUT2D eigenvalue weighted by Gasteiger charge is -2.29. The second kappa shape index (κ2) is 7.49. The van der Waals surface area contributed by atoms with Crippen LogP contribution in [0.5, 0.6) is 0 Å². The summed E-state index contributed by atoms with van der Waals surface area (Å²) in [6, 6.07) is 0.801. The number of hydrogen-bond acceptors (Lipinski definition) is 2. The molecule has 2 aliphatic rings. The van der Waals surface area contributed by atoms with E-state index in [1.807, 2.05) is 0 Å². The van der Waals surface area contributed by atoms with Crippen molar-refractivity contribution in [3.05, 3.63) is 0 Å². The van der Waals surface area contributed by atoms with Gasteiger partial charge in [-0.2, -0.15) is 0 Å². The van der Waals surface area contributed by atoms with E-state index in [2.05, 4.69) is 24.1 Å². The van der Waals surface area contributed by atoms with Gasteiger partial charge in [-0.3, -0.25) is 0 Å². The van der Waals surface area contributed by atoms with Crippen LogP contribution in [0.15, 0.2) is 0 Å². The maximum Gasteiger partial charge on any atom is 0.00676 e. The van der Waals surface area contributed by atoms with E-state index in [-0.39, 0.29) is 0 Å². The Morgan fingerprint density at radius 2 is 1.67 bits per heavy atom. The topological polar surface area (TPSA) is 15.3 Å². The van der Waals surface area contributed by atoms with E-state index in [0.717, 1.165) is 17.9 Å². The van der Waals surface area contributed by atoms with E-state index in [0.29, 0.717) is 0 Å². The molecular weight excluding hydrogens is 220 g/mol. The van der Waals surface area contributed by atoms with E-state index in [9.17, 15) is 0 Å². The molecule has 0 amide bonds. The molecule has 1 N–H and O–H groups in total. The number of rotatable bonds is 11. The summed E-state index contributed by atoms with van der Waals surface area (Å²) in [6.45, 7) is 9.86. The highest BCUT2D eigenvalue weighted by atomic mass is 15.2. The van der Waals surface area contributed by atoms with Crippen LogP contribution in [0.1, 0.15) is 58.8 Å². The van der Waals surface area contributed by atoms with Gasteiger partial charge in [0.1, 0.15) is 0 Å². The maximum absolute atomic E-state index is 3.52. The van der Waals surface area contributed by atoms with Crippen LogP contribution < -0.4 is 5.32 Å². The lowest BCUT2D eigenvalue weighted by Crippen LogP contribution is -2.37. The number of nitrogens with zero attached hydrogens (tertiary/aromatic N) is 1. The number of nitrogens with one attached hydrogen (secondary N) is 1. The van der Waals surface area contributed by atoms with Crippen molar-refractivity contribution in [2.45, 2.75) is 64.8 Å². The van der Waals surface area contributed by atoms with Crippen LogP contribution in [0.25, 0.3) is 0 Å². The molecule has 0 radical (unpaired) electrons. The molecule has 0 aromatic carbocycles. The van der Waals surface area contributed by atoms with Crippen molar-refractivity contribution in [3.63, 3.8) is 0 Å². The quantitative estimate of drug-likeness (QED) is 0.568. The summed E-state index contributed by atoms with van der Waals surface area (Å²) >= 11 is 0. The Kier molecular flexibility index (Phi) is 5.97. The summed E-state index contributed by atoms with van der Waals surface area (Å²) < 4.78 is 0. The fourth-order valence-corrected chi connectivity index (χ4v) is 2.71. The molecule has 1 unspecified atom stereocenters. The Balaban J connectivity index is 1.60. The third-order valence-corrected chi connectivity index (χ3v) is 4.40. The lowest BCUT2D eigenvalue weighted by atomic mass is 10.1. The van der Waals surface area contributed by atoms with Crippen molar-refractivity contribution in [3.8, 4) is 0 Å². The van der Waals surface area contributed by atoms with Crippen molar-refractivity contribution < 1.29 is 0 Å². The summed E-state index contributed by atoms with van der Waals surface area (Å²) in [5.74, 6) is 2.09. The fraction of sp³-hybridized carbons (Fsp3) is 1.00. The molecule has 18 heavy (non-hydrogen) atoms. The van der Waals surface area contributed by atoms with Crippen LogP contribution in [0.4, 0.5) is 0 Å². The van der Waals surface area contributed by atoms with E-state index >= 15 is 0 Å². The summed E-state index contributed by atoms with van der Waals surface area (Å²) in [6.07, 6.45) is 9.93. The highest BCUT2D eigenvalue weighted by Gasteiger charge is 2.30. The van der Waals surface area contributed by atoms with Gasteiger partial charge in [-0.05, 0) is 76.8 Å². The van der Waals surface area contributed by atoms with Gasteiger partial charge >= 0.3 is 0 Å². The van der Waals surface area contributed by atoms with Crippen molar-refractivity contribution in [2.24, 2.45) is 11.8 Å². The first-order valence-electron chi connectivity index (χ1n) is 8.24. The number of hydrogen-bond donors (Lipinski definition) is 1. The minimum Gasteiger partial charge on any atom is -0.317 e. The summed E-state index contributed by atoms with van der Waals surface area (Å²) in [7, 11) is 0. The minimum absolute atomic E-state index is 0.801. The lowest BCUT2D eigenvalue weighted by molar-refractivity contribution is 0.181. The second-order valence-electron chi connectivity index (χ2n) is 6.58. The van der Waals surface area contributed by atoms with Gasteiger partial charge in [-0.15, -0.1) is 0 Å².